The molecule has 0 aliphatic heterocycles. The molecule has 0 fully saturated rings. The number of ether oxygens (including phenoxy) is 1. The molecule has 4 heteroatoms. The number of aromatic nitrogens is 1. The van der Waals surface area contributed by atoms with Gasteiger partial charge in [-0.1, -0.05) is 12.1 Å². The summed E-state index contributed by atoms with van der Waals surface area (Å²) in [6.45, 7) is 7.20. The van der Waals surface area contributed by atoms with E-state index in [1.807, 2.05) is 19.1 Å². The van der Waals surface area contributed by atoms with Crippen molar-refractivity contribution in [1.82, 2.24) is 4.98 Å². The highest BCUT2D eigenvalue weighted by molar-refractivity contribution is 7.11. The Morgan fingerprint density at radius 1 is 1.28 bits per heavy atom. The number of hydrogen-bond acceptors (Lipinski definition) is 4. The topological polar surface area (TPSA) is 48.1 Å². The molecule has 1 aromatic heterocycles. The van der Waals surface area contributed by atoms with Crippen LogP contribution in [0.3, 0.4) is 0 Å². The van der Waals surface area contributed by atoms with Crippen LogP contribution in [0.2, 0.25) is 0 Å². The van der Waals surface area contributed by atoms with Crippen LogP contribution in [0.25, 0.3) is 0 Å². The van der Waals surface area contributed by atoms with Crippen LogP contribution in [-0.4, -0.2) is 4.98 Å². The summed E-state index contributed by atoms with van der Waals surface area (Å²) in [5.41, 5.74) is 9.09. The third-order valence-electron chi connectivity index (χ3n) is 3.03. The normalized spacial score (nSPS) is 10.7. The van der Waals surface area contributed by atoms with Crippen LogP contribution in [-0.2, 0) is 13.2 Å². The number of thiazole rings is 1. The largest absolute Gasteiger partial charge is 0.486 e. The van der Waals surface area contributed by atoms with E-state index in [0.717, 1.165) is 21.3 Å². The van der Waals surface area contributed by atoms with Crippen LogP contribution in [0.4, 0.5) is 0 Å². The number of aryl methyl sites for hydroxylation is 2. The molecular formula is C14H18N2OS. The van der Waals surface area contributed by atoms with E-state index in [1.54, 1.807) is 11.3 Å². The molecule has 0 radical (unpaired) electrons. The first-order valence-electron chi connectivity index (χ1n) is 5.96. The summed E-state index contributed by atoms with van der Waals surface area (Å²) in [5.74, 6) is 0.928. The van der Waals surface area contributed by atoms with Crippen LogP contribution in [0.15, 0.2) is 18.2 Å². The van der Waals surface area contributed by atoms with Gasteiger partial charge in [0.15, 0.2) is 0 Å². The van der Waals surface area contributed by atoms with Gasteiger partial charge < -0.3 is 10.5 Å². The predicted molar refractivity (Wildman–Crippen MR) is 75.0 cm³/mol. The Balaban J connectivity index is 2.09. The summed E-state index contributed by atoms with van der Waals surface area (Å²) in [4.78, 5) is 5.60. The minimum Gasteiger partial charge on any atom is -0.486 e. The second-order valence-corrected chi connectivity index (χ2v) is 5.48. The number of benzene rings is 1. The molecule has 0 spiro atoms. The number of nitrogens with zero attached hydrogens (tertiary/aromatic N) is 1. The number of rotatable bonds is 4. The Morgan fingerprint density at radius 2 is 2.06 bits per heavy atom. The highest BCUT2D eigenvalue weighted by Gasteiger charge is 2.08. The SMILES string of the molecule is Cc1cccc(OCc2nc(C)c(CN)s2)c1C. The standard InChI is InChI=1S/C14H18N2OS/c1-9-5-4-6-12(10(9)2)17-8-14-16-11(3)13(7-15)18-14/h4-6H,7-8,15H2,1-3H3. The molecule has 2 aromatic rings. The van der Waals surface area contributed by atoms with Crippen molar-refractivity contribution in [1.29, 1.82) is 0 Å². The average Bonchev–Trinajstić information content (AvgIpc) is 2.72. The van der Waals surface area contributed by atoms with Gasteiger partial charge in [0, 0.05) is 11.4 Å². The summed E-state index contributed by atoms with van der Waals surface area (Å²) in [7, 11) is 0. The molecule has 3 nitrogen and oxygen atoms in total. The van der Waals surface area contributed by atoms with Gasteiger partial charge in [-0.3, -0.25) is 0 Å². The van der Waals surface area contributed by atoms with Gasteiger partial charge in [0.05, 0.1) is 5.69 Å². The van der Waals surface area contributed by atoms with Crippen LogP contribution < -0.4 is 10.5 Å². The molecule has 0 amide bonds. The third-order valence-corrected chi connectivity index (χ3v) is 4.18. The van der Waals surface area contributed by atoms with Gasteiger partial charge in [0.1, 0.15) is 17.4 Å². The summed E-state index contributed by atoms with van der Waals surface area (Å²) in [5, 5.41) is 0.980. The summed E-state index contributed by atoms with van der Waals surface area (Å²) >= 11 is 1.63. The third kappa shape index (κ3) is 2.71. The lowest BCUT2D eigenvalue weighted by Gasteiger charge is -2.09. The van der Waals surface area contributed by atoms with Crippen molar-refractivity contribution in [3.63, 3.8) is 0 Å². The zero-order valence-corrected chi connectivity index (χ0v) is 11.8. The van der Waals surface area contributed by atoms with E-state index in [9.17, 15) is 0 Å². The molecule has 0 unspecified atom stereocenters. The molecule has 18 heavy (non-hydrogen) atoms. The maximum Gasteiger partial charge on any atom is 0.140 e. The Labute approximate surface area is 112 Å². The van der Waals surface area contributed by atoms with Gasteiger partial charge in [-0.15, -0.1) is 11.3 Å². The first-order chi connectivity index (χ1) is 8.61. The second kappa shape index (κ2) is 5.50. The van der Waals surface area contributed by atoms with Gasteiger partial charge in [-0.05, 0) is 38.0 Å². The number of nitrogens with two attached hydrogens (primary N) is 1. The maximum absolute atomic E-state index is 5.82. The molecule has 0 saturated carbocycles. The van der Waals surface area contributed by atoms with Crippen molar-refractivity contribution in [3.05, 3.63) is 44.9 Å². The molecule has 0 atom stereocenters. The van der Waals surface area contributed by atoms with E-state index in [-0.39, 0.29) is 0 Å². The van der Waals surface area contributed by atoms with E-state index >= 15 is 0 Å². The van der Waals surface area contributed by atoms with Gasteiger partial charge >= 0.3 is 0 Å². The van der Waals surface area contributed by atoms with E-state index < -0.39 is 0 Å². The molecule has 2 N–H and O–H groups in total. The lowest BCUT2D eigenvalue weighted by Crippen LogP contribution is -1.97. The summed E-state index contributed by atoms with van der Waals surface area (Å²) < 4.78 is 5.82. The summed E-state index contributed by atoms with van der Waals surface area (Å²) in [6.07, 6.45) is 0. The van der Waals surface area contributed by atoms with Crippen LogP contribution in [0.1, 0.15) is 26.7 Å². The van der Waals surface area contributed by atoms with E-state index in [0.29, 0.717) is 13.2 Å². The monoisotopic (exact) mass is 262 g/mol. The lowest BCUT2D eigenvalue weighted by molar-refractivity contribution is 0.303. The average molecular weight is 262 g/mol. The first-order valence-corrected chi connectivity index (χ1v) is 6.77. The lowest BCUT2D eigenvalue weighted by atomic mass is 10.1. The molecular weight excluding hydrogens is 244 g/mol. The Kier molecular flexibility index (Phi) is 3.99. The molecule has 1 heterocycles. The maximum atomic E-state index is 5.82. The molecule has 0 bridgehead atoms. The van der Waals surface area contributed by atoms with E-state index in [1.165, 1.54) is 11.1 Å². The van der Waals surface area contributed by atoms with Crippen molar-refractivity contribution < 1.29 is 4.74 Å². The molecule has 1 aromatic carbocycles. The van der Waals surface area contributed by atoms with Gasteiger partial charge in [0.2, 0.25) is 0 Å². The van der Waals surface area contributed by atoms with Gasteiger partial charge in [-0.25, -0.2) is 4.98 Å². The zero-order chi connectivity index (χ0) is 13.1. The number of hydrogen-bond donors (Lipinski definition) is 1. The fourth-order valence-electron chi connectivity index (χ4n) is 1.76. The van der Waals surface area contributed by atoms with Crippen molar-refractivity contribution in [2.24, 2.45) is 5.73 Å². The second-order valence-electron chi connectivity index (χ2n) is 4.31. The summed E-state index contributed by atoms with van der Waals surface area (Å²) in [6, 6.07) is 6.09. The molecule has 0 aliphatic carbocycles. The minimum atomic E-state index is 0.510. The zero-order valence-electron chi connectivity index (χ0n) is 11.0. The Bertz CT molecular complexity index is 549. The first kappa shape index (κ1) is 13.1. The van der Waals surface area contributed by atoms with Crippen molar-refractivity contribution in [2.75, 3.05) is 0 Å². The van der Waals surface area contributed by atoms with Crippen LogP contribution >= 0.6 is 11.3 Å². The quantitative estimate of drug-likeness (QED) is 0.921. The fourth-order valence-corrected chi connectivity index (χ4v) is 2.62. The fraction of sp³-hybridized carbons (Fsp3) is 0.357. The smallest absolute Gasteiger partial charge is 0.140 e. The molecule has 0 saturated heterocycles. The Morgan fingerprint density at radius 3 is 2.72 bits per heavy atom. The highest BCUT2D eigenvalue weighted by atomic mass is 32.1. The van der Waals surface area contributed by atoms with Gasteiger partial charge in [-0.2, -0.15) is 0 Å². The minimum absolute atomic E-state index is 0.510. The van der Waals surface area contributed by atoms with E-state index in [2.05, 4.69) is 24.9 Å². The molecule has 96 valence electrons. The van der Waals surface area contributed by atoms with Crippen molar-refractivity contribution >= 4 is 11.3 Å². The predicted octanol–water partition coefficient (Wildman–Crippen LogP) is 3.11. The van der Waals surface area contributed by atoms with Crippen LogP contribution in [0, 0.1) is 20.8 Å². The van der Waals surface area contributed by atoms with E-state index in [4.69, 9.17) is 10.5 Å². The Hall–Kier alpha value is -1.39. The van der Waals surface area contributed by atoms with Gasteiger partial charge in [0.25, 0.3) is 0 Å². The van der Waals surface area contributed by atoms with Crippen LogP contribution in [0.5, 0.6) is 5.75 Å². The van der Waals surface area contributed by atoms with Crippen molar-refractivity contribution in [3.8, 4) is 5.75 Å². The highest BCUT2D eigenvalue weighted by Crippen LogP contribution is 2.23. The van der Waals surface area contributed by atoms with Crippen molar-refractivity contribution in [2.45, 2.75) is 33.9 Å². The molecule has 0 aliphatic rings. The molecule has 2 rings (SSSR count).